The predicted molar refractivity (Wildman–Crippen MR) is 86.8 cm³/mol. The zero-order valence-corrected chi connectivity index (χ0v) is 14.3. The molecule has 0 saturated carbocycles. The van der Waals surface area contributed by atoms with E-state index in [2.05, 4.69) is 0 Å². The molecule has 0 radical (unpaired) electrons. The molecular weight excluding hydrogens is 300 g/mol. The highest BCUT2D eigenvalue weighted by atomic mass is 32.2. The van der Waals surface area contributed by atoms with Gasteiger partial charge in [0, 0.05) is 44.9 Å². The first-order valence-corrected chi connectivity index (χ1v) is 9.14. The van der Waals surface area contributed by atoms with E-state index in [-0.39, 0.29) is 5.41 Å². The molecule has 0 bridgehead atoms. The van der Waals surface area contributed by atoms with E-state index < -0.39 is 10.0 Å². The van der Waals surface area contributed by atoms with Crippen LogP contribution in [-0.2, 0) is 14.8 Å². The molecule has 0 aliphatic carbocycles. The van der Waals surface area contributed by atoms with Crippen molar-refractivity contribution in [1.82, 2.24) is 4.31 Å². The molecule has 2 saturated heterocycles. The summed E-state index contributed by atoms with van der Waals surface area (Å²) in [5.74, 6) is 0. The number of aryl methyl sites for hydroxylation is 1. The van der Waals surface area contributed by atoms with Gasteiger partial charge in [0.1, 0.15) is 0 Å². The average Bonchev–Trinajstić information content (AvgIpc) is 3.10. The number of hydrogen-bond donors (Lipinski definition) is 0. The van der Waals surface area contributed by atoms with Gasteiger partial charge in [-0.3, -0.25) is 0 Å². The zero-order valence-electron chi connectivity index (χ0n) is 13.5. The third kappa shape index (κ3) is 2.64. The second-order valence-electron chi connectivity index (χ2n) is 6.73. The first-order valence-electron chi connectivity index (χ1n) is 7.70. The number of benzene rings is 1. The highest BCUT2D eigenvalue weighted by molar-refractivity contribution is 7.89. The van der Waals surface area contributed by atoms with Crippen LogP contribution in [0.15, 0.2) is 23.1 Å². The summed E-state index contributed by atoms with van der Waals surface area (Å²) in [5, 5.41) is 0. The minimum Gasteiger partial charge on any atom is -0.381 e. The highest BCUT2D eigenvalue weighted by Gasteiger charge is 2.45. The molecule has 1 atom stereocenters. The minimum atomic E-state index is -3.42. The van der Waals surface area contributed by atoms with Crippen molar-refractivity contribution >= 4 is 15.7 Å². The van der Waals surface area contributed by atoms with Crippen molar-refractivity contribution in [2.24, 2.45) is 5.41 Å². The fraction of sp³-hybridized carbons (Fsp3) is 0.625. The predicted octanol–water partition coefficient (Wildman–Crippen LogP) is 1.86. The number of rotatable bonds is 3. The van der Waals surface area contributed by atoms with Crippen LogP contribution in [0.1, 0.15) is 18.4 Å². The fourth-order valence-corrected chi connectivity index (χ4v) is 5.03. The molecule has 2 heterocycles. The number of sulfonamides is 1. The van der Waals surface area contributed by atoms with Crippen LogP contribution in [0.4, 0.5) is 5.69 Å². The first kappa shape index (κ1) is 15.8. The molecule has 0 N–H and O–H groups in total. The number of nitrogens with zero attached hydrogens (tertiary/aromatic N) is 2. The molecule has 2 aliphatic rings. The van der Waals surface area contributed by atoms with Gasteiger partial charge in [0.15, 0.2) is 0 Å². The summed E-state index contributed by atoms with van der Waals surface area (Å²) in [5.41, 5.74) is 2.06. The van der Waals surface area contributed by atoms with Crippen LogP contribution < -0.4 is 4.90 Å². The minimum absolute atomic E-state index is 0.0438. The van der Waals surface area contributed by atoms with Crippen LogP contribution in [-0.4, -0.2) is 53.1 Å². The van der Waals surface area contributed by atoms with Crippen LogP contribution in [0.25, 0.3) is 0 Å². The molecule has 2 fully saturated rings. The molecule has 122 valence electrons. The third-order valence-corrected chi connectivity index (χ3v) is 6.73. The highest BCUT2D eigenvalue weighted by Crippen LogP contribution is 2.40. The Labute approximate surface area is 132 Å². The molecule has 3 rings (SSSR count). The second kappa shape index (κ2) is 5.51. The van der Waals surface area contributed by atoms with Gasteiger partial charge in [0.25, 0.3) is 0 Å². The van der Waals surface area contributed by atoms with Crippen LogP contribution in [0.2, 0.25) is 0 Å². The van der Waals surface area contributed by atoms with Crippen LogP contribution >= 0.6 is 0 Å². The van der Waals surface area contributed by atoms with E-state index in [0.29, 0.717) is 24.6 Å². The molecule has 6 heteroatoms. The van der Waals surface area contributed by atoms with E-state index in [1.165, 1.54) is 0 Å². The number of ether oxygens (including phenoxy) is 1. The maximum Gasteiger partial charge on any atom is 0.243 e. The average molecular weight is 324 g/mol. The van der Waals surface area contributed by atoms with E-state index in [9.17, 15) is 8.42 Å². The van der Waals surface area contributed by atoms with Gasteiger partial charge in [-0.1, -0.05) is 6.07 Å². The summed E-state index contributed by atoms with van der Waals surface area (Å²) in [6.45, 7) is 4.61. The van der Waals surface area contributed by atoms with Gasteiger partial charge in [-0.05, 0) is 37.5 Å². The number of hydrogen-bond acceptors (Lipinski definition) is 4. The Morgan fingerprint density at radius 3 is 2.68 bits per heavy atom. The van der Waals surface area contributed by atoms with Crippen LogP contribution in [0, 0.1) is 12.3 Å². The van der Waals surface area contributed by atoms with Gasteiger partial charge in [-0.2, -0.15) is 4.31 Å². The number of anilines is 1. The lowest BCUT2D eigenvalue weighted by Gasteiger charge is -2.23. The van der Waals surface area contributed by atoms with Gasteiger partial charge >= 0.3 is 0 Å². The van der Waals surface area contributed by atoms with Gasteiger partial charge in [0.05, 0.1) is 11.5 Å². The quantitative estimate of drug-likeness (QED) is 0.851. The Balaban J connectivity index is 1.89. The Morgan fingerprint density at radius 1 is 1.27 bits per heavy atom. The molecule has 1 aromatic rings. The van der Waals surface area contributed by atoms with Crippen molar-refractivity contribution in [3.63, 3.8) is 0 Å². The van der Waals surface area contributed by atoms with E-state index in [1.54, 1.807) is 16.4 Å². The maximum absolute atomic E-state index is 12.9. The molecule has 22 heavy (non-hydrogen) atoms. The summed E-state index contributed by atoms with van der Waals surface area (Å²) in [6, 6.07) is 5.38. The normalized spacial score (nSPS) is 26.0. The van der Waals surface area contributed by atoms with Crippen molar-refractivity contribution in [3.8, 4) is 0 Å². The molecule has 0 amide bonds. The lowest BCUT2D eigenvalue weighted by Crippen LogP contribution is -2.32. The summed E-state index contributed by atoms with van der Waals surface area (Å²) in [7, 11) is 0.436. The van der Waals surface area contributed by atoms with Gasteiger partial charge in [-0.15, -0.1) is 0 Å². The Hall–Kier alpha value is -1.11. The SMILES string of the molecule is Cc1ccc(S(=O)(=O)N2CC[C@]3(CCOC3)C2)cc1N(C)C. The first-order chi connectivity index (χ1) is 10.3. The molecule has 0 aromatic heterocycles. The standard InChI is InChI=1S/C16H24N2O3S/c1-13-4-5-14(10-15(13)17(2)3)22(19,20)18-8-6-16(11-18)7-9-21-12-16/h4-5,10H,6-9,11-12H2,1-3H3/t16-/m0/s1. The molecule has 2 aliphatic heterocycles. The second-order valence-corrected chi connectivity index (χ2v) is 8.67. The summed E-state index contributed by atoms with van der Waals surface area (Å²) < 4.78 is 33.0. The van der Waals surface area contributed by atoms with Gasteiger partial charge in [0.2, 0.25) is 10.0 Å². The summed E-state index contributed by atoms with van der Waals surface area (Å²) in [6.07, 6.45) is 1.87. The molecule has 1 spiro atoms. The Kier molecular flexibility index (Phi) is 3.95. The van der Waals surface area contributed by atoms with Crippen molar-refractivity contribution < 1.29 is 13.2 Å². The van der Waals surface area contributed by atoms with Crippen LogP contribution in [0.3, 0.4) is 0 Å². The van der Waals surface area contributed by atoms with Crippen molar-refractivity contribution in [2.75, 3.05) is 45.3 Å². The summed E-state index contributed by atoms with van der Waals surface area (Å²) >= 11 is 0. The summed E-state index contributed by atoms with van der Waals surface area (Å²) in [4.78, 5) is 2.34. The zero-order chi connectivity index (χ0) is 16.0. The molecule has 1 aromatic carbocycles. The van der Waals surface area contributed by atoms with E-state index in [0.717, 1.165) is 30.7 Å². The van der Waals surface area contributed by atoms with Crippen molar-refractivity contribution in [2.45, 2.75) is 24.7 Å². The van der Waals surface area contributed by atoms with E-state index in [4.69, 9.17) is 4.74 Å². The lowest BCUT2D eigenvalue weighted by atomic mass is 9.87. The Morgan fingerprint density at radius 2 is 2.05 bits per heavy atom. The Bertz CT molecular complexity index is 664. The lowest BCUT2D eigenvalue weighted by molar-refractivity contribution is 0.157. The van der Waals surface area contributed by atoms with E-state index >= 15 is 0 Å². The molecule has 5 nitrogen and oxygen atoms in total. The van der Waals surface area contributed by atoms with Crippen molar-refractivity contribution in [3.05, 3.63) is 23.8 Å². The molecule has 0 unspecified atom stereocenters. The fourth-order valence-electron chi connectivity index (χ4n) is 3.45. The third-order valence-electron chi connectivity index (χ3n) is 4.89. The van der Waals surface area contributed by atoms with E-state index in [1.807, 2.05) is 32.0 Å². The topological polar surface area (TPSA) is 49.9 Å². The van der Waals surface area contributed by atoms with Gasteiger partial charge in [-0.25, -0.2) is 8.42 Å². The largest absolute Gasteiger partial charge is 0.381 e. The van der Waals surface area contributed by atoms with Crippen LogP contribution in [0.5, 0.6) is 0 Å². The smallest absolute Gasteiger partial charge is 0.243 e. The van der Waals surface area contributed by atoms with Gasteiger partial charge < -0.3 is 9.64 Å². The molecular formula is C16H24N2O3S. The monoisotopic (exact) mass is 324 g/mol. The van der Waals surface area contributed by atoms with Crippen molar-refractivity contribution in [1.29, 1.82) is 0 Å². The maximum atomic E-state index is 12.9.